The van der Waals surface area contributed by atoms with Crippen LogP contribution in [0.3, 0.4) is 0 Å². The highest BCUT2D eigenvalue weighted by atomic mass is 16.3. The Hall–Kier alpha value is -2.33. The zero-order valence-corrected chi connectivity index (χ0v) is 13.0. The van der Waals surface area contributed by atoms with E-state index in [9.17, 15) is 4.79 Å². The van der Waals surface area contributed by atoms with Gasteiger partial charge >= 0.3 is 0 Å². The summed E-state index contributed by atoms with van der Waals surface area (Å²) in [4.78, 5) is 11.9. The fourth-order valence-corrected chi connectivity index (χ4v) is 2.99. The molecule has 0 spiro atoms. The standard InChI is InChI=1S/C19H22N2O2/c22-10-9-20-19(23)15-7-4-8-17(11-15)21-18-12-16(13-18)14-5-2-1-3-6-14/h1-8,11,16,18,21-22H,9-10,12-13H2,(H,20,23). The lowest BCUT2D eigenvalue weighted by Crippen LogP contribution is -2.34. The molecular weight excluding hydrogens is 288 g/mol. The third kappa shape index (κ3) is 3.90. The van der Waals surface area contributed by atoms with Crippen LogP contribution in [0.15, 0.2) is 54.6 Å². The molecule has 2 aromatic rings. The molecule has 4 nitrogen and oxygen atoms in total. The van der Waals surface area contributed by atoms with Gasteiger partial charge in [-0.25, -0.2) is 0 Å². The molecular formula is C19H22N2O2. The molecule has 3 N–H and O–H groups in total. The van der Waals surface area contributed by atoms with Gasteiger partial charge in [0.1, 0.15) is 0 Å². The van der Waals surface area contributed by atoms with Gasteiger partial charge in [0.05, 0.1) is 6.61 Å². The molecule has 1 aliphatic rings. The number of aliphatic hydroxyl groups excluding tert-OH is 1. The number of benzene rings is 2. The van der Waals surface area contributed by atoms with Gasteiger partial charge in [0.2, 0.25) is 0 Å². The van der Waals surface area contributed by atoms with E-state index in [2.05, 4.69) is 34.9 Å². The Kier molecular flexibility index (Phi) is 4.93. The van der Waals surface area contributed by atoms with E-state index in [4.69, 9.17) is 5.11 Å². The number of amides is 1. The van der Waals surface area contributed by atoms with Crippen LogP contribution in [0.2, 0.25) is 0 Å². The second-order valence-corrected chi connectivity index (χ2v) is 5.98. The first kappa shape index (κ1) is 15.6. The van der Waals surface area contributed by atoms with Crippen LogP contribution >= 0.6 is 0 Å². The molecule has 0 saturated heterocycles. The van der Waals surface area contributed by atoms with E-state index in [0.29, 0.717) is 17.5 Å². The van der Waals surface area contributed by atoms with Crippen LogP contribution in [0.25, 0.3) is 0 Å². The van der Waals surface area contributed by atoms with Gasteiger partial charge in [-0.05, 0) is 42.5 Å². The molecule has 0 radical (unpaired) electrons. The number of aliphatic hydroxyl groups is 1. The summed E-state index contributed by atoms with van der Waals surface area (Å²) < 4.78 is 0. The summed E-state index contributed by atoms with van der Waals surface area (Å²) in [5.74, 6) is 0.475. The minimum atomic E-state index is -0.154. The zero-order valence-electron chi connectivity index (χ0n) is 13.0. The van der Waals surface area contributed by atoms with Crippen LogP contribution in [-0.4, -0.2) is 30.2 Å². The van der Waals surface area contributed by atoms with E-state index < -0.39 is 0 Å². The summed E-state index contributed by atoms with van der Waals surface area (Å²) in [7, 11) is 0. The number of hydrogen-bond donors (Lipinski definition) is 3. The molecule has 1 aliphatic carbocycles. The maximum atomic E-state index is 11.9. The van der Waals surface area contributed by atoms with Crippen LogP contribution in [0.5, 0.6) is 0 Å². The highest BCUT2D eigenvalue weighted by molar-refractivity contribution is 5.95. The van der Waals surface area contributed by atoms with Gasteiger partial charge in [-0.15, -0.1) is 0 Å². The average Bonchev–Trinajstić information content (AvgIpc) is 2.56. The van der Waals surface area contributed by atoms with Gasteiger partial charge in [-0.3, -0.25) is 4.79 Å². The van der Waals surface area contributed by atoms with Crippen molar-refractivity contribution >= 4 is 11.6 Å². The normalized spacial score (nSPS) is 19.7. The van der Waals surface area contributed by atoms with Gasteiger partial charge in [0.25, 0.3) is 5.91 Å². The monoisotopic (exact) mass is 310 g/mol. The summed E-state index contributed by atoms with van der Waals surface area (Å²) in [5.41, 5.74) is 2.99. The number of anilines is 1. The minimum Gasteiger partial charge on any atom is -0.395 e. The molecule has 2 aromatic carbocycles. The van der Waals surface area contributed by atoms with Crippen LogP contribution in [-0.2, 0) is 0 Å². The Labute approximate surface area is 136 Å². The largest absolute Gasteiger partial charge is 0.395 e. The van der Waals surface area contributed by atoms with Gasteiger partial charge in [0, 0.05) is 23.8 Å². The second kappa shape index (κ2) is 7.29. The maximum absolute atomic E-state index is 11.9. The van der Waals surface area contributed by atoms with Crippen molar-refractivity contribution in [2.24, 2.45) is 0 Å². The van der Waals surface area contributed by atoms with Crippen molar-refractivity contribution in [3.05, 3.63) is 65.7 Å². The Morgan fingerprint density at radius 2 is 1.87 bits per heavy atom. The van der Waals surface area contributed by atoms with Gasteiger partial charge in [-0.2, -0.15) is 0 Å². The van der Waals surface area contributed by atoms with Gasteiger partial charge < -0.3 is 15.7 Å². The Balaban J connectivity index is 1.54. The molecule has 23 heavy (non-hydrogen) atoms. The second-order valence-electron chi connectivity index (χ2n) is 5.98. The summed E-state index contributed by atoms with van der Waals surface area (Å²) >= 11 is 0. The molecule has 3 rings (SSSR count). The molecule has 0 heterocycles. The Bertz CT molecular complexity index is 651. The van der Waals surface area contributed by atoms with E-state index in [-0.39, 0.29) is 19.1 Å². The Morgan fingerprint density at radius 3 is 2.61 bits per heavy atom. The van der Waals surface area contributed by atoms with Crippen molar-refractivity contribution in [3.63, 3.8) is 0 Å². The first-order chi connectivity index (χ1) is 11.3. The lowest BCUT2D eigenvalue weighted by molar-refractivity contribution is 0.0945. The number of nitrogens with one attached hydrogen (secondary N) is 2. The lowest BCUT2D eigenvalue weighted by Gasteiger charge is -2.37. The van der Waals surface area contributed by atoms with Crippen molar-refractivity contribution in [3.8, 4) is 0 Å². The number of hydrogen-bond acceptors (Lipinski definition) is 3. The average molecular weight is 310 g/mol. The summed E-state index contributed by atoms with van der Waals surface area (Å²) in [6.45, 7) is 0.227. The van der Waals surface area contributed by atoms with Crippen molar-refractivity contribution in [1.82, 2.24) is 5.32 Å². The smallest absolute Gasteiger partial charge is 0.251 e. The number of carbonyl (C=O) groups is 1. The third-order valence-electron chi connectivity index (χ3n) is 4.30. The predicted octanol–water partition coefficient (Wildman–Crippen LogP) is 2.77. The number of rotatable bonds is 6. The van der Waals surface area contributed by atoms with E-state index in [0.717, 1.165) is 18.5 Å². The van der Waals surface area contributed by atoms with E-state index in [1.165, 1.54) is 5.56 Å². The highest BCUT2D eigenvalue weighted by Gasteiger charge is 2.30. The fourth-order valence-electron chi connectivity index (χ4n) is 2.99. The summed E-state index contributed by atoms with van der Waals surface area (Å²) in [5, 5.41) is 14.9. The molecule has 1 saturated carbocycles. The SMILES string of the molecule is O=C(NCCO)c1cccc(NC2CC(c3ccccc3)C2)c1. The van der Waals surface area contributed by atoms with Crippen molar-refractivity contribution in [1.29, 1.82) is 0 Å². The van der Waals surface area contributed by atoms with Crippen LogP contribution in [0.1, 0.15) is 34.7 Å². The minimum absolute atomic E-state index is 0.0490. The van der Waals surface area contributed by atoms with Gasteiger partial charge in [0.15, 0.2) is 0 Å². The molecule has 0 unspecified atom stereocenters. The quantitative estimate of drug-likeness (QED) is 0.769. The molecule has 1 amide bonds. The van der Waals surface area contributed by atoms with Crippen LogP contribution in [0.4, 0.5) is 5.69 Å². The highest BCUT2D eigenvalue weighted by Crippen LogP contribution is 2.38. The van der Waals surface area contributed by atoms with Crippen molar-refractivity contribution < 1.29 is 9.90 Å². The molecule has 4 heteroatoms. The van der Waals surface area contributed by atoms with Crippen LogP contribution in [0, 0.1) is 0 Å². The fraction of sp³-hybridized carbons (Fsp3) is 0.316. The van der Waals surface area contributed by atoms with E-state index >= 15 is 0 Å². The molecule has 1 fully saturated rings. The summed E-state index contributed by atoms with van der Waals surface area (Å²) in [6.07, 6.45) is 2.23. The van der Waals surface area contributed by atoms with E-state index in [1.807, 2.05) is 24.3 Å². The number of carbonyl (C=O) groups excluding carboxylic acids is 1. The lowest BCUT2D eigenvalue weighted by atomic mass is 9.76. The van der Waals surface area contributed by atoms with Crippen LogP contribution < -0.4 is 10.6 Å². The molecule has 120 valence electrons. The predicted molar refractivity (Wildman–Crippen MR) is 91.7 cm³/mol. The molecule has 0 bridgehead atoms. The molecule has 0 atom stereocenters. The maximum Gasteiger partial charge on any atom is 0.251 e. The van der Waals surface area contributed by atoms with Crippen molar-refractivity contribution in [2.45, 2.75) is 24.8 Å². The third-order valence-corrected chi connectivity index (χ3v) is 4.30. The first-order valence-electron chi connectivity index (χ1n) is 8.07. The van der Waals surface area contributed by atoms with Gasteiger partial charge in [-0.1, -0.05) is 36.4 Å². The van der Waals surface area contributed by atoms with E-state index in [1.54, 1.807) is 6.07 Å². The topological polar surface area (TPSA) is 61.4 Å². The zero-order chi connectivity index (χ0) is 16.1. The van der Waals surface area contributed by atoms with Crippen molar-refractivity contribution in [2.75, 3.05) is 18.5 Å². The Morgan fingerprint density at radius 1 is 1.09 bits per heavy atom. The molecule has 0 aliphatic heterocycles. The molecule has 0 aromatic heterocycles. The summed E-state index contributed by atoms with van der Waals surface area (Å²) in [6, 6.07) is 18.6. The first-order valence-corrected chi connectivity index (χ1v) is 8.07.